The van der Waals surface area contributed by atoms with Gasteiger partial charge in [0.25, 0.3) is 0 Å². The topological polar surface area (TPSA) is 3.24 Å². The molecule has 15 rings (SSSR count). The van der Waals surface area contributed by atoms with Crippen LogP contribution >= 0.6 is 0 Å². The van der Waals surface area contributed by atoms with Crippen molar-refractivity contribution in [3.05, 3.63) is 317 Å². The van der Waals surface area contributed by atoms with Crippen molar-refractivity contribution in [3.63, 3.8) is 0 Å². The van der Waals surface area contributed by atoms with Crippen molar-refractivity contribution >= 4 is 38.6 Å². The molecule has 0 fully saturated rings. The average molecular weight is 900 g/mol. The van der Waals surface area contributed by atoms with Gasteiger partial charge in [0.15, 0.2) is 0 Å². The van der Waals surface area contributed by atoms with E-state index < -0.39 is 10.8 Å². The van der Waals surface area contributed by atoms with Crippen molar-refractivity contribution in [3.8, 4) is 44.5 Å². The molecule has 12 aromatic rings. The van der Waals surface area contributed by atoms with Crippen molar-refractivity contribution in [1.82, 2.24) is 0 Å². The zero-order valence-corrected chi connectivity index (χ0v) is 38.9. The van der Waals surface area contributed by atoms with E-state index in [0.717, 1.165) is 17.1 Å². The fourth-order valence-electron chi connectivity index (χ4n) is 13.3. The Morgan fingerprint density at radius 2 is 0.690 bits per heavy atom. The molecule has 3 aliphatic rings. The summed E-state index contributed by atoms with van der Waals surface area (Å²) in [6.07, 6.45) is 0. The number of rotatable bonds is 6. The van der Waals surface area contributed by atoms with Crippen LogP contribution in [0.15, 0.2) is 273 Å². The molecule has 1 heteroatoms. The summed E-state index contributed by atoms with van der Waals surface area (Å²) in [4.78, 5) is 2.52. The van der Waals surface area contributed by atoms with Crippen molar-refractivity contribution in [1.29, 1.82) is 0 Å². The Balaban J connectivity index is 1.04. The summed E-state index contributed by atoms with van der Waals surface area (Å²) in [7, 11) is 0. The maximum absolute atomic E-state index is 2.55. The zero-order chi connectivity index (χ0) is 46.7. The number of hydrogen-bond donors (Lipinski definition) is 0. The molecule has 1 atom stereocenters. The second-order valence-corrected chi connectivity index (χ2v) is 19.5. The molecular formula is C70H45N. The van der Waals surface area contributed by atoms with Gasteiger partial charge in [-0.2, -0.15) is 0 Å². The van der Waals surface area contributed by atoms with Gasteiger partial charge in [-0.15, -0.1) is 0 Å². The highest BCUT2D eigenvalue weighted by Gasteiger charge is 2.51. The average Bonchev–Trinajstić information content (AvgIpc) is 3.91. The largest absolute Gasteiger partial charge is 0.310 e. The van der Waals surface area contributed by atoms with E-state index in [-0.39, 0.29) is 0 Å². The van der Waals surface area contributed by atoms with Crippen LogP contribution < -0.4 is 4.90 Å². The van der Waals surface area contributed by atoms with Gasteiger partial charge in [0.1, 0.15) is 0 Å². The third-order valence-electron chi connectivity index (χ3n) is 16.1. The summed E-state index contributed by atoms with van der Waals surface area (Å²) >= 11 is 0. The maximum Gasteiger partial charge on any atom is 0.0726 e. The molecule has 12 aromatic carbocycles. The Morgan fingerprint density at radius 1 is 0.239 bits per heavy atom. The molecule has 0 bridgehead atoms. The fourth-order valence-corrected chi connectivity index (χ4v) is 13.3. The van der Waals surface area contributed by atoms with E-state index >= 15 is 0 Å². The number of nitrogens with zero attached hydrogens (tertiary/aromatic N) is 1. The molecule has 0 saturated carbocycles. The third kappa shape index (κ3) is 5.46. The maximum atomic E-state index is 2.55. The Morgan fingerprint density at radius 3 is 1.41 bits per heavy atom. The van der Waals surface area contributed by atoms with Crippen molar-refractivity contribution in [2.75, 3.05) is 4.90 Å². The fraction of sp³-hybridized carbons (Fsp3) is 0.0286. The normalized spacial score (nSPS) is 15.2. The predicted octanol–water partition coefficient (Wildman–Crippen LogP) is 17.8. The van der Waals surface area contributed by atoms with E-state index in [4.69, 9.17) is 0 Å². The van der Waals surface area contributed by atoms with E-state index in [1.54, 1.807) is 0 Å². The van der Waals surface area contributed by atoms with Crippen LogP contribution in [0.4, 0.5) is 17.1 Å². The van der Waals surface area contributed by atoms with Crippen LogP contribution in [0.5, 0.6) is 0 Å². The summed E-state index contributed by atoms with van der Waals surface area (Å²) < 4.78 is 0. The number of benzene rings is 12. The first-order valence-electron chi connectivity index (χ1n) is 24.8. The Hall–Kier alpha value is -9.04. The first-order valence-corrected chi connectivity index (χ1v) is 24.8. The molecular weight excluding hydrogens is 855 g/mol. The second kappa shape index (κ2) is 15.2. The monoisotopic (exact) mass is 899 g/mol. The number of hydrogen-bond acceptors (Lipinski definition) is 1. The first kappa shape index (κ1) is 39.9. The summed E-state index contributed by atoms with van der Waals surface area (Å²) in [5.74, 6) is 0. The number of fused-ring (bicyclic) bond motifs is 13. The minimum Gasteiger partial charge on any atom is -0.310 e. The molecule has 0 amide bonds. The standard InChI is InChI=1S/C70H45N/c1-4-20-47(21-5-1)55-31-18-36-64-68(55)60-42-40-54(45-66(60)70(64)62-34-15-13-30-57(62)59-32-16-23-48-24-17-35-63(70)67(48)59)71(52-38-37-46-19-10-11-22-49(46)43-52)53-39-41-58-56-29-12-14-33-61(56)69(65(58)44-53,50-25-6-2-7-26-50)51-27-8-3-9-28-51/h1-45H. The molecule has 0 radical (unpaired) electrons. The van der Waals surface area contributed by atoms with Gasteiger partial charge < -0.3 is 4.90 Å². The highest BCUT2D eigenvalue weighted by atomic mass is 15.1. The minimum atomic E-state index is -0.611. The van der Waals surface area contributed by atoms with E-state index in [1.807, 2.05) is 0 Å². The molecule has 1 unspecified atom stereocenters. The van der Waals surface area contributed by atoms with Gasteiger partial charge in [0, 0.05) is 17.1 Å². The van der Waals surface area contributed by atoms with Gasteiger partial charge in [-0.1, -0.05) is 237 Å². The van der Waals surface area contributed by atoms with E-state index in [0.29, 0.717) is 0 Å². The highest BCUT2D eigenvalue weighted by Crippen LogP contribution is 2.64. The van der Waals surface area contributed by atoms with Crippen LogP contribution in [0.3, 0.4) is 0 Å². The van der Waals surface area contributed by atoms with Gasteiger partial charge in [-0.25, -0.2) is 0 Å². The van der Waals surface area contributed by atoms with Gasteiger partial charge in [0.05, 0.1) is 10.8 Å². The molecule has 0 N–H and O–H groups in total. The zero-order valence-electron chi connectivity index (χ0n) is 38.9. The molecule has 0 aliphatic heterocycles. The molecule has 0 saturated heterocycles. The van der Waals surface area contributed by atoms with Gasteiger partial charge >= 0.3 is 0 Å². The van der Waals surface area contributed by atoms with Crippen LogP contribution in [-0.2, 0) is 10.8 Å². The first-order chi connectivity index (χ1) is 35.2. The molecule has 330 valence electrons. The summed E-state index contributed by atoms with van der Waals surface area (Å²) in [5, 5.41) is 5.01. The smallest absolute Gasteiger partial charge is 0.0726 e. The molecule has 1 nitrogen and oxygen atoms in total. The molecule has 0 aromatic heterocycles. The van der Waals surface area contributed by atoms with Gasteiger partial charge in [0.2, 0.25) is 0 Å². The van der Waals surface area contributed by atoms with Gasteiger partial charge in [-0.3, -0.25) is 0 Å². The molecule has 0 heterocycles. The lowest BCUT2D eigenvalue weighted by molar-refractivity contribution is 0.768. The summed E-state index contributed by atoms with van der Waals surface area (Å²) in [5.41, 5.74) is 22.7. The number of anilines is 3. The van der Waals surface area contributed by atoms with Crippen LogP contribution in [0.25, 0.3) is 66.1 Å². The lowest BCUT2D eigenvalue weighted by Gasteiger charge is -2.40. The van der Waals surface area contributed by atoms with Crippen LogP contribution in [0, 0.1) is 0 Å². The predicted molar refractivity (Wildman–Crippen MR) is 295 cm³/mol. The third-order valence-corrected chi connectivity index (χ3v) is 16.1. The molecule has 71 heavy (non-hydrogen) atoms. The molecule has 1 spiro atoms. The van der Waals surface area contributed by atoms with E-state index in [9.17, 15) is 0 Å². The lowest BCUT2D eigenvalue weighted by Crippen LogP contribution is -2.32. The summed E-state index contributed by atoms with van der Waals surface area (Å²) in [6, 6.07) is 103. The van der Waals surface area contributed by atoms with E-state index in [2.05, 4.69) is 278 Å². The van der Waals surface area contributed by atoms with Crippen LogP contribution in [0.1, 0.15) is 44.5 Å². The van der Waals surface area contributed by atoms with Crippen molar-refractivity contribution in [2.45, 2.75) is 10.8 Å². The Bertz CT molecular complexity index is 4070. The lowest BCUT2D eigenvalue weighted by atomic mass is 9.61. The van der Waals surface area contributed by atoms with Crippen molar-refractivity contribution < 1.29 is 0 Å². The summed E-state index contributed by atoms with van der Waals surface area (Å²) in [6.45, 7) is 0. The quantitative estimate of drug-likeness (QED) is 0.161. The van der Waals surface area contributed by atoms with Crippen molar-refractivity contribution in [2.24, 2.45) is 0 Å². The Kier molecular flexibility index (Phi) is 8.56. The second-order valence-electron chi connectivity index (χ2n) is 19.5. The minimum absolute atomic E-state index is 0.547. The SMILES string of the molecule is c1ccc(-c2cccc3c2-c2ccc(N(c4ccc5c(c4)C(c4ccccc4)(c4ccccc4)c4ccccc4-5)c4ccc5ccccc5c4)cc2C32c3ccccc3-c3cccc4cccc2c34)cc1. The molecule has 3 aliphatic carbocycles. The highest BCUT2D eigenvalue weighted by molar-refractivity contribution is 6.08. The van der Waals surface area contributed by atoms with Crippen LogP contribution in [-0.4, -0.2) is 0 Å². The Labute approximate surface area is 414 Å². The van der Waals surface area contributed by atoms with E-state index in [1.165, 1.54) is 111 Å². The van der Waals surface area contributed by atoms with Crippen LogP contribution in [0.2, 0.25) is 0 Å². The van der Waals surface area contributed by atoms with Gasteiger partial charge in [-0.05, 0) is 147 Å².